The van der Waals surface area contributed by atoms with Crippen molar-refractivity contribution in [1.82, 2.24) is 0 Å². The Labute approximate surface area is 108 Å². The Hall–Kier alpha value is -1.20. The monoisotopic (exact) mass is 248 g/mol. The summed E-state index contributed by atoms with van der Waals surface area (Å²) in [5, 5.41) is 12.8. The highest BCUT2D eigenvalue weighted by Crippen LogP contribution is 2.27. The molecular formula is C14H17ClN2. The van der Waals surface area contributed by atoms with Crippen LogP contribution in [0.5, 0.6) is 0 Å². The van der Waals surface area contributed by atoms with Crippen LogP contribution in [0.2, 0.25) is 5.02 Å². The van der Waals surface area contributed by atoms with Gasteiger partial charge in [0.15, 0.2) is 0 Å². The predicted octanol–water partition coefficient (Wildman–Crippen LogP) is 4.20. The third kappa shape index (κ3) is 3.14. The van der Waals surface area contributed by atoms with Gasteiger partial charge in [-0.25, -0.2) is 0 Å². The first-order valence-electron chi connectivity index (χ1n) is 6.15. The molecule has 1 N–H and O–H groups in total. The maximum Gasteiger partial charge on any atom is 0.101 e. The van der Waals surface area contributed by atoms with Crippen LogP contribution in [-0.4, -0.2) is 6.04 Å². The van der Waals surface area contributed by atoms with E-state index in [0.29, 0.717) is 16.6 Å². The second-order valence-corrected chi connectivity index (χ2v) is 5.33. The van der Waals surface area contributed by atoms with Gasteiger partial charge in [0.25, 0.3) is 0 Å². The molecule has 2 atom stereocenters. The van der Waals surface area contributed by atoms with E-state index in [1.165, 1.54) is 25.7 Å². The minimum absolute atomic E-state index is 0.529. The first-order valence-corrected chi connectivity index (χ1v) is 6.53. The van der Waals surface area contributed by atoms with Gasteiger partial charge in [0, 0.05) is 11.7 Å². The molecule has 1 aliphatic carbocycles. The zero-order valence-electron chi connectivity index (χ0n) is 10.0. The molecule has 0 radical (unpaired) electrons. The van der Waals surface area contributed by atoms with Crippen LogP contribution in [0.1, 0.15) is 38.2 Å². The molecule has 3 heteroatoms. The van der Waals surface area contributed by atoms with Crippen LogP contribution in [0.25, 0.3) is 0 Å². The molecule has 2 unspecified atom stereocenters. The lowest BCUT2D eigenvalue weighted by atomic mass is 9.87. The molecule has 0 heterocycles. The van der Waals surface area contributed by atoms with E-state index >= 15 is 0 Å². The highest BCUT2D eigenvalue weighted by Gasteiger charge is 2.18. The highest BCUT2D eigenvalue weighted by molar-refractivity contribution is 6.32. The Morgan fingerprint density at radius 2 is 2.24 bits per heavy atom. The largest absolute Gasteiger partial charge is 0.382 e. The molecule has 1 fully saturated rings. The Bertz CT molecular complexity index is 436. The molecule has 0 aliphatic heterocycles. The number of anilines is 1. The molecule has 0 amide bonds. The normalized spacial score (nSPS) is 24.1. The van der Waals surface area contributed by atoms with Crippen molar-refractivity contribution in [3.05, 3.63) is 28.8 Å². The molecule has 0 saturated heterocycles. The van der Waals surface area contributed by atoms with Crippen molar-refractivity contribution in [3.8, 4) is 6.07 Å². The maximum absolute atomic E-state index is 8.81. The molecular weight excluding hydrogens is 232 g/mol. The van der Waals surface area contributed by atoms with Crippen LogP contribution in [-0.2, 0) is 0 Å². The number of hydrogen-bond donors (Lipinski definition) is 1. The molecule has 2 rings (SSSR count). The maximum atomic E-state index is 8.81. The number of nitriles is 1. The summed E-state index contributed by atoms with van der Waals surface area (Å²) in [6.07, 6.45) is 5.08. The van der Waals surface area contributed by atoms with Crippen LogP contribution < -0.4 is 5.32 Å². The minimum atomic E-state index is 0.529. The Morgan fingerprint density at radius 1 is 1.41 bits per heavy atom. The van der Waals surface area contributed by atoms with Gasteiger partial charge in [0.05, 0.1) is 10.6 Å². The number of nitrogens with one attached hydrogen (secondary N) is 1. The molecule has 2 nitrogen and oxygen atoms in total. The summed E-state index contributed by atoms with van der Waals surface area (Å²) in [5.41, 5.74) is 1.56. The van der Waals surface area contributed by atoms with E-state index in [1.54, 1.807) is 6.07 Å². The van der Waals surface area contributed by atoms with E-state index in [9.17, 15) is 0 Å². The van der Waals surface area contributed by atoms with E-state index in [0.717, 1.165) is 11.6 Å². The van der Waals surface area contributed by atoms with E-state index < -0.39 is 0 Å². The lowest BCUT2D eigenvalue weighted by Gasteiger charge is -2.28. The summed E-state index contributed by atoms with van der Waals surface area (Å²) in [6, 6.07) is 8.17. The number of hydrogen-bond acceptors (Lipinski definition) is 2. The van der Waals surface area contributed by atoms with E-state index in [2.05, 4.69) is 18.3 Å². The van der Waals surface area contributed by atoms with Gasteiger partial charge < -0.3 is 5.32 Å². The van der Waals surface area contributed by atoms with Gasteiger partial charge >= 0.3 is 0 Å². The zero-order valence-corrected chi connectivity index (χ0v) is 10.8. The zero-order chi connectivity index (χ0) is 12.3. The molecule has 1 aliphatic rings. The summed E-state index contributed by atoms with van der Waals surface area (Å²) >= 11 is 6.01. The fourth-order valence-electron chi connectivity index (χ4n) is 2.50. The first kappa shape index (κ1) is 12.3. The van der Waals surface area contributed by atoms with Crippen molar-refractivity contribution < 1.29 is 0 Å². The Kier molecular flexibility index (Phi) is 3.91. The average molecular weight is 249 g/mol. The molecule has 90 valence electrons. The number of nitrogens with zero attached hydrogens (tertiary/aromatic N) is 1. The summed E-state index contributed by atoms with van der Waals surface area (Å²) in [5.74, 6) is 0.801. The minimum Gasteiger partial charge on any atom is -0.382 e. The van der Waals surface area contributed by atoms with Crippen molar-refractivity contribution >= 4 is 17.3 Å². The summed E-state index contributed by atoms with van der Waals surface area (Å²) < 4.78 is 0. The number of benzene rings is 1. The van der Waals surface area contributed by atoms with Gasteiger partial charge in [0.2, 0.25) is 0 Å². The summed E-state index contributed by atoms with van der Waals surface area (Å²) in [6.45, 7) is 2.31. The van der Waals surface area contributed by atoms with Gasteiger partial charge in [-0.15, -0.1) is 0 Å². The molecule has 1 aromatic rings. The highest BCUT2D eigenvalue weighted by atomic mass is 35.5. The van der Waals surface area contributed by atoms with Crippen molar-refractivity contribution in [2.75, 3.05) is 5.32 Å². The van der Waals surface area contributed by atoms with Crippen molar-refractivity contribution in [2.45, 2.75) is 38.6 Å². The molecule has 0 spiro atoms. The molecule has 17 heavy (non-hydrogen) atoms. The Balaban J connectivity index is 2.04. The molecule has 1 saturated carbocycles. The van der Waals surface area contributed by atoms with Gasteiger partial charge in [-0.05, 0) is 37.0 Å². The number of halogens is 1. The average Bonchev–Trinajstić information content (AvgIpc) is 2.29. The van der Waals surface area contributed by atoms with Crippen molar-refractivity contribution in [3.63, 3.8) is 0 Å². The number of rotatable bonds is 2. The smallest absolute Gasteiger partial charge is 0.101 e. The lowest BCUT2D eigenvalue weighted by Crippen LogP contribution is -2.26. The second kappa shape index (κ2) is 5.42. The van der Waals surface area contributed by atoms with E-state index in [4.69, 9.17) is 16.9 Å². The molecule has 0 bridgehead atoms. The summed E-state index contributed by atoms with van der Waals surface area (Å²) in [7, 11) is 0. The van der Waals surface area contributed by atoms with Gasteiger partial charge in [-0.2, -0.15) is 5.26 Å². The molecule has 1 aromatic carbocycles. The van der Waals surface area contributed by atoms with Gasteiger partial charge in [-0.3, -0.25) is 0 Å². The van der Waals surface area contributed by atoms with E-state index in [-0.39, 0.29) is 0 Å². The van der Waals surface area contributed by atoms with Crippen LogP contribution >= 0.6 is 11.6 Å². The van der Waals surface area contributed by atoms with Crippen LogP contribution in [0.4, 0.5) is 5.69 Å². The van der Waals surface area contributed by atoms with Crippen LogP contribution in [0.15, 0.2) is 18.2 Å². The van der Waals surface area contributed by atoms with Crippen molar-refractivity contribution in [2.24, 2.45) is 5.92 Å². The van der Waals surface area contributed by atoms with Crippen LogP contribution in [0, 0.1) is 17.2 Å². The third-order valence-corrected chi connectivity index (χ3v) is 3.71. The van der Waals surface area contributed by atoms with Crippen LogP contribution in [0.3, 0.4) is 0 Å². The van der Waals surface area contributed by atoms with E-state index in [1.807, 2.05) is 12.1 Å². The SMILES string of the molecule is CC1CCCC(Nc2ccc(C#N)c(Cl)c2)C1. The standard InChI is InChI=1S/C14H17ClN2/c1-10-3-2-4-12(7-10)17-13-6-5-11(9-16)14(15)8-13/h5-6,8,10,12,17H,2-4,7H2,1H3. The Morgan fingerprint density at radius 3 is 2.88 bits per heavy atom. The predicted molar refractivity (Wildman–Crippen MR) is 71.2 cm³/mol. The second-order valence-electron chi connectivity index (χ2n) is 4.92. The first-order chi connectivity index (χ1) is 8.19. The fraction of sp³-hybridized carbons (Fsp3) is 0.500. The lowest BCUT2D eigenvalue weighted by molar-refractivity contribution is 0.358. The van der Waals surface area contributed by atoms with Gasteiger partial charge in [-0.1, -0.05) is 31.4 Å². The topological polar surface area (TPSA) is 35.8 Å². The fourth-order valence-corrected chi connectivity index (χ4v) is 2.72. The molecule has 0 aromatic heterocycles. The van der Waals surface area contributed by atoms with Crippen molar-refractivity contribution in [1.29, 1.82) is 5.26 Å². The summed E-state index contributed by atoms with van der Waals surface area (Å²) in [4.78, 5) is 0. The quantitative estimate of drug-likeness (QED) is 0.851. The third-order valence-electron chi connectivity index (χ3n) is 3.40. The van der Waals surface area contributed by atoms with Gasteiger partial charge in [0.1, 0.15) is 6.07 Å².